The third kappa shape index (κ3) is 6.14. The van der Waals surface area contributed by atoms with Gasteiger partial charge in [-0.3, -0.25) is 0 Å². The molecule has 0 saturated heterocycles. The van der Waals surface area contributed by atoms with Gasteiger partial charge in [0.1, 0.15) is 0 Å². The van der Waals surface area contributed by atoms with E-state index in [1.807, 2.05) is 46.9 Å². The normalized spacial score (nSPS) is 12.6. The lowest BCUT2D eigenvalue weighted by Crippen LogP contribution is -2.03. The van der Waals surface area contributed by atoms with Gasteiger partial charge in [0.15, 0.2) is 0 Å². The van der Waals surface area contributed by atoms with Gasteiger partial charge >= 0.3 is 0 Å². The Hall–Kier alpha value is -3.50. The number of fused-ring (bicyclic) bond motifs is 1. The van der Waals surface area contributed by atoms with E-state index in [2.05, 4.69) is 41.7 Å². The van der Waals surface area contributed by atoms with Crippen molar-refractivity contribution in [2.45, 2.75) is 46.0 Å². The summed E-state index contributed by atoms with van der Waals surface area (Å²) in [5, 5.41) is 18.2. The Kier molecular flexibility index (Phi) is 9.30. The monoisotopic (exact) mass is 568 g/mol. The zero-order valence-electron chi connectivity index (χ0n) is 21.1. The van der Waals surface area contributed by atoms with E-state index in [0.717, 1.165) is 27.5 Å². The van der Waals surface area contributed by atoms with Crippen LogP contribution in [0.4, 0.5) is 0 Å². The van der Waals surface area contributed by atoms with E-state index in [4.69, 9.17) is 23.7 Å². The zero-order valence-corrected chi connectivity index (χ0v) is 24.3. The summed E-state index contributed by atoms with van der Waals surface area (Å²) in [4.78, 5) is 13.2. The van der Waals surface area contributed by atoms with Crippen LogP contribution in [-0.2, 0) is 6.42 Å². The fourth-order valence-electron chi connectivity index (χ4n) is 4.24. The lowest BCUT2D eigenvalue weighted by atomic mass is 9.92. The van der Waals surface area contributed by atoms with E-state index in [-0.39, 0.29) is 11.4 Å². The fourth-order valence-corrected chi connectivity index (χ4v) is 9.02. The molecule has 0 radical (unpaired) electrons. The van der Waals surface area contributed by atoms with E-state index in [1.165, 1.54) is 48.9 Å². The zero-order chi connectivity index (χ0) is 27.1. The molecule has 38 heavy (non-hydrogen) atoms. The van der Waals surface area contributed by atoms with Crippen molar-refractivity contribution in [3.8, 4) is 31.6 Å². The molecule has 188 valence electrons. The molecule has 1 atom stereocenters. The molecule has 0 bridgehead atoms. The van der Waals surface area contributed by atoms with E-state index >= 15 is 0 Å². The number of unbranched alkanes of at least 4 members (excludes halogenated alkanes) is 1. The number of nitriles is 2. The molecular weight excluding hydrogens is 545 g/mol. The molecule has 4 aromatic rings. The van der Waals surface area contributed by atoms with Gasteiger partial charge in [0, 0.05) is 38.7 Å². The highest BCUT2D eigenvalue weighted by Gasteiger charge is 2.21. The first-order valence-electron chi connectivity index (χ1n) is 12.3. The van der Waals surface area contributed by atoms with Gasteiger partial charge < -0.3 is 0 Å². The van der Waals surface area contributed by atoms with Crippen LogP contribution in [0.15, 0.2) is 41.7 Å². The van der Waals surface area contributed by atoms with Crippen LogP contribution >= 0.6 is 45.3 Å². The highest BCUT2D eigenvalue weighted by molar-refractivity contribution is 7.33. The molecule has 0 N–H and O–H groups in total. The van der Waals surface area contributed by atoms with Gasteiger partial charge in [-0.1, -0.05) is 39.5 Å². The summed E-state index contributed by atoms with van der Waals surface area (Å²) in [6, 6.07) is 14.3. The lowest BCUT2D eigenvalue weighted by Gasteiger charge is -2.15. The molecule has 0 fully saturated rings. The highest BCUT2D eigenvalue weighted by Crippen LogP contribution is 2.49. The van der Waals surface area contributed by atoms with E-state index in [1.54, 1.807) is 34.8 Å². The van der Waals surface area contributed by atoms with Crippen LogP contribution < -0.4 is 0 Å². The third-order valence-corrected chi connectivity index (χ3v) is 11.2. The minimum absolute atomic E-state index is 0.0960. The van der Waals surface area contributed by atoms with Crippen LogP contribution in [0.3, 0.4) is 0 Å². The topological polar surface area (TPSA) is 56.3 Å². The summed E-state index contributed by atoms with van der Waals surface area (Å²) in [7, 11) is 0. The Morgan fingerprint density at radius 3 is 2.11 bits per heavy atom. The number of allylic oxidation sites excluding steroid dienone is 2. The maximum absolute atomic E-state index is 9.16. The smallest absolute Gasteiger partial charge is 0.227 e. The Balaban J connectivity index is 1.76. The average molecular weight is 569 g/mol. The third-order valence-electron chi connectivity index (χ3n) is 6.24. The largest absolute Gasteiger partial charge is 0.263 e. The maximum atomic E-state index is 9.16. The van der Waals surface area contributed by atoms with Gasteiger partial charge in [0.2, 0.25) is 0 Å². The lowest BCUT2D eigenvalue weighted by molar-refractivity contribution is 0.451. The molecule has 8 heteroatoms. The average Bonchev–Trinajstić information content (AvgIpc) is 3.72. The number of nitrogens with zero attached hydrogens (tertiary/aromatic N) is 4. The molecule has 4 nitrogen and oxygen atoms in total. The Bertz CT molecular complexity index is 1650. The quantitative estimate of drug-likeness (QED) is 0.141. The van der Waals surface area contributed by atoms with Crippen molar-refractivity contribution in [2.75, 3.05) is 0 Å². The molecule has 0 spiro atoms. The number of hydrogen-bond donors (Lipinski definition) is 0. The van der Waals surface area contributed by atoms with Gasteiger partial charge in [-0.25, -0.2) is 20.2 Å². The molecule has 1 unspecified atom stereocenters. The summed E-state index contributed by atoms with van der Waals surface area (Å²) in [6.07, 6.45) is 9.15. The first-order valence-corrected chi connectivity index (χ1v) is 15.5. The minimum Gasteiger partial charge on any atom is -0.227 e. The molecule has 4 heterocycles. The molecule has 0 aliphatic carbocycles. The second-order valence-corrected chi connectivity index (χ2v) is 13.1. The summed E-state index contributed by atoms with van der Waals surface area (Å²) in [6.45, 7) is 18.8. The van der Waals surface area contributed by atoms with Gasteiger partial charge in [0.05, 0.1) is 25.3 Å². The van der Waals surface area contributed by atoms with Gasteiger partial charge in [-0.2, -0.15) is 0 Å². The summed E-state index contributed by atoms with van der Waals surface area (Å²) in [5.41, 5.74) is 1.60. The minimum atomic E-state index is 0.0960. The van der Waals surface area contributed by atoms with Crippen molar-refractivity contribution in [1.82, 2.24) is 0 Å². The van der Waals surface area contributed by atoms with Crippen molar-refractivity contribution < 1.29 is 0 Å². The standard InChI is InChI=1S/C30H24N4S4/c1-5-7-8-19(6-2)13-24-29(26-12-10-23(36-26)15-21(18-32)34-4)38-28-16-27(37-30(24)28)25-11-9-22(35-25)14-20(17-31)33-3/h9-12,14-16,19H,5-8,13H2,1-2H3/b20-14-,21-15+. The van der Waals surface area contributed by atoms with Crippen LogP contribution in [0.25, 0.3) is 50.8 Å². The predicted molar refractivity (Wildman–Crippen MR) is 164 cm³/mol. The molecule has 0 aliphatic rings. The summed E-state index contributed by atoms with van der Waals surface area (Å²) < 4.78 is 2.61. The van der Waals surface area contributed by atoms with Gasteiger partial charge in [-0.05, 0) is 60.4 Å². The van der Waals surface area contributed by atoms with Crippen LogP contribution in [-0.4, -0.2) is 0 Å². The SMILES string of the molecule is [C-]#[N+]/C(C#N)=C\c1ccc(-c2cc3sc(-c4ccc(/C=C(\C#N)[N+]#[C-])s4)c(CC(CC)CCCC)c3s2)s1. The molecule has 0 saturated carbocycles. The Labute approximate surface area is 239 Å². The first-order chi connectivity index (χ1) is 18.5. The van der Waals surface area contributed by atoms with E-state index < -0.39 is 0 Å². The second-order valence-electron chi connectivity index (χ2n) is 8.74. The van der Waals surface area contributed by atoms with Gasteiger partial charge in [-0.15, -0.1) is 45.3 Å². The van der Waals surface area contributed by atoms with Crippen molar-refractivity contribution >= 4 is 66.9 Å². The van der Waals surface area contributed by atoms with Crippen molar-refractivity contribution in [1.29, 1.82) is 10.5 Å². The molecule has 0 aromatic carbocycles. The van der Waals surface area contributed by atoms with Gasteiger partial charge in [0.25, 0.3) is 11.4 Å². The molecular formula is C30H24N4S4. The van der Waals surface area contributed by atoms with Crippen molar-refractivity contribution in [3.05, 3.63) is 79.9 Å². The van der Waals surface area contributed by atoms with Crippen LogP contribution in [0.2, 0.25) is 0 Å². The molecule has 4 aromatic heterocycles. The molecule has 4 rings (SSSR count). The Morgan fingerprint density at radius 1 is 0.895 bits per heavy atom. The van der Waals surface area contributed by atoms with Crippen LogP contribution in [0, 0.1) is 41.7 Å². The predicted octanol–water partition coefficient (Wildman–Crippen LogP) is 10.7. The molecule has 0 aliphatic heterocycles. The van der Waals surface area contributed by atoms with Crippen molar-refractivity contribution in [2.24, 2.45) is 5.92 Å². The number of hydrogen-bond acceptors (Lipinski definition) is 6. The number of rotatable bonds is 10. The van der Waals surface area contributed by atoms with Crippen molar-refractivity contribution in [3.63, 3.8) is 0 Å². The Morgan fingerprint density at radius 2 is 1.53 bits per heavy atom. The highest BCUT2D eigenvalue weighted by atomic mass is 32.1. The summed E-state index contributed by atoms with van der Waals surface area (Å²) in [5.74, 6) is 0.625. The van der Waals surface area contributed by atoms with Crippen LogP contribution in [0.5, 0.6) is 0 Å². The first kappa shape index (κ1) is 27.5. The van der Waals surface area contributed by atoms with E-state index in [9.17, 15) is 0 Å². The van der Waals surface area contributed by atoms with E-state index in [0.29, 0.717) is 5.92 Å². The summed E-state index contributed by atoms with van der Waals surface area (Å²) >= 11 is 6.88. The van der Waals surface area contributed by atoms with Crippen LogP contribution in [0.1, 0.15) is 54.8 Å². The second kappa shape index (κ2) is 12.8. The molecule has 0 amide bonds. The fraction of sp³-hybridized carbons (Fsp3) is 0.267. The number of thiophene rings is 4. The maximum Gasteiger partial charge on any atom is 0.263 e.